The zero-order chi connectivity index (χ0) is 19.2. The van der Waals surface area contributed by atoms with Gasteiger partial charge in [0.2, 0.25) is 5.91 Å². The molecule has 0 atom stereocenters. The average Bonchev–Trinajstić information content (AvgIpc) is 2.70. The molecule has 0 fully saturated rings. The zero-order valence-corrected chi connectivity index (χ0v) is 15.6. The number of methoxy groups -OCH3 is 2. The Morgan fingerprint density at radius 1 is 1.00 bits per heavy atom. The number of aromatic nitrogens is 2. The van der Waals surface area contributed by atoms with E-state index < -0.39 is 0 Å². The van der Waals surface area contributed by atoms with E-state index in [9.17, 15) is 4.79 Å². The molecule has 0 aliphatic heterocycles. The molecule has 0 radical (unpaired) electrons. The van der Waals surface area contributed by atoms with Gasteiger partial charge in [0.05, 0.1) is 19.7 Å². The Balaban J connectivity index is 2.06. The van der Waals surface area contributed by atoms with Crippen LogP contribution in [-0.2, 0) is 4.79 Å². The van der Waals surface area contributed by atoms with E-state index in [1.54, 1.807) is 14.2 Å². The Morgan fingerprint density at radius 3 is 2.37 bits per heavy atom. The van der Waals surface area contributed by atoms with Gasteiger partial charge in [-0.2, -0.15) is 0 Å². The number of fused-ring (bicyclic) bond motifs is 1. The van der Waals surface area contributed by atoms with Gasteiger partial charge in [-0.15, -0.1) is 0 Å². The molecular weight excluding hydrogens is 344 g/mol. The van der Waals surface area contributed by atoms with Crippen molar-refractivity contribution in [1.29, 1.82) is 0 Å². The highest BCUT2D eigenvalue weighted by Gasteiger charge is 2.14. The van der Waals surface area contributed by atoms with Gasteiger partial charge >= 0.3 is 0 Å². The predicted octanol–water partition coefficient (Wildman–Crippen LogP) is 2.86. The first-order valence-electron chi connectivity index (χ1n) is 8.60. The number of hydrogen-bond acceptors (Lipinski definition) is 6. The number of carbonyl (C=O) groups excluding carboxylic acids is 1. The van der Waals surface area contributed by atoms with Crippen molar-refractivity contribution in [3.8, 4) is 22.9 Å². The van der Waals surface area contributed by atoms with Crippen LogP contribution in [0.3, 0.4) is 0 Å². The molecule has 1 amide bonds. The molecule has 140 valence electrons. The van der Waals surface area contributed by atoms with Crippen LogP contribution in [0, 0.1) is 0 Å². The number of amides is 1. The molecule has 0 bridgehead atoms. The molecule has 3 aromatic rings. The van der Waals surface area contributed by atoms with Crippen molar-refractivity contribution < 1.29 is 14.3 Å². The monoisotopic (exact) mass is 366 g/mol. The van der Waals surface area contributed by atoms with E-state index in [1.807, 2.05) is 42.5 Å². The lowest BCUT2D eigenvalue weighted by Crippen LogP contribution is -2.26. The molecule has 0 unspecified atom stereocenters. The average molecular weight is 366 g/mol. The number of hydrogen-bond donors (Lipinski definition) is 2. The summed E-state index contributed by atoms with van der Waals surface area (Å²) in [6.07, 6.45) is 0. The maximum absolute atomic E-state index is 11.1. The van der Waals surface area contributed by atoms with Crippen LogP contribution < -0.4 is 20.1 Å². The van der Waals surface area contributed by atoms with Crippen molar-refractivity contribution in [3.05, 3.63) is 42.5 Å². The minimum Gasteiger partial charge on any atom is -0.493 e. The van der Waals surface area contributed by atoms with Crippen molar-refractivity contribution in [2.45, 2.75) is 6.92 Å². The fourth-order valence-corrected chi connectivity index (χ4v) is 2.73. The molecule has 3 rings (SSSR count). The summed E-state index contributed by atoms with van der Waals surface area (Å²) < 4.78 is 10.8. The van der Waals surface area contributed by atoms with Gasteiger partial charge in [-0.05, 0) is 6.07 Å². The summed E-state index contributed by atoms with van der Waals surface area (Å²) in [6, 6.07) is 13.4. The maximum atomic E-state index is 11.1. The zero-order valence-electron chi connectivity index (χ0n) is 15.6. The summed E-state index contributed by atoms with van der Waals surface area (Å²) in [7, 11) is 3.18. The molecule has 2 aromatic carbocycles. The summed E-state index contributed by atoms with van der Waals surface area (Å²) in [4.78, 5) is 20.4. The van der Waals surface area contributed by atoms with Crippen LogP contribution in [0.2, 0.25) is 0 Å². The summed E-state index contributed by atoms with van der Waals surface area (Å²) in [6.45, 7) is 2.52. The highest BCUT2D eigenvalue weighted by Crippen LogP contribution is 2.35. The van der Waals surface area contributed by atoms with Crippen LogP contribution in [0.5, 0.6) is 11.5 Å². The first kappa shape index (κ1) is 18.4. The maximum Gasteiger partial charge on any atom is 0.216 e. The van der Waals surface area contributed by atoms with Crippen LogP contribution >= 0.6 is 0 Å². The fraction of sp³-hybridized carbons (Fsp3) is 0.250. The van der Waals surface area contributed by atoms with E-state index in [-0.39, 0.29) is 5.91 Å². The Morgan fingerprint density at radius 2 is 1.70 bits per heavy atom. The van der Waals surface area contributed by atoms with Crippen molar-refractivity contribution in [2.75, 3.05) is 32.6 Å². The molecule has 0 aliphatic carbocycles. The number of carbonyl (C=O) groups is 1. The quantitative estimate of drug-likeness (QED) is 0.626. The first-order valence-corrected chi connectivity index (χ1v) is 8.60. The van der Waals surface area contributed by atoms with Crippen LogP contribution in [0.25, 0.3) is 22.3 Å². The molecule has 0 spiro atoms. The van der Waals surface area contributed by atoms with E-state index in [4.69, 9.17) is 14.5 Å². The second-order valence-corrected chi connectivity index (χ2v) is 5.90. The van der Waals surface area contributed by atoms with Gasteiger partial charge < -0.3 is 20.1 Å². The Labute approximate surface area is 157 Å². The van der Waals surface area contributed by atoms with E-state index in [0.717, 1.165) is 16.5 Å². The molecule has 7 heteroatoms. The van der Waals surface area contributed by atoms with Crippen LogP contribution in [0.1, 0.15) is 6.92 Å². The third-order valence-corrected chi connectivity index (χ3v) is 4.02. The van der Waals surface area contributed by atoms with Crippen LogP contribution in [0.4, 0.5) is 5.82 Å². The fourth-order valence-electron chi connectivity index (χ4n) is 2.73. The topological polar surface area (TPSA) is 85.4 Å². The van der Waals surface area contributed by atoms with Crippen molar-refractivity contribution >= 4 is 22.6 Å². The lowest BCUT2D eigenvalue weighted by Gasteiger charge is -2.14. The number of benzene rings is 2. The highest BCUT2D eigenvalue weighted by atomic mass is 16.5. The first-order chi connectivity index (χ1) is 13.1. The minimum absolute atomic E-state index is 0.0688. The molecule has 1 aromatic heterocycles. The van der Waals surface area contributed by atoms with E-state index in [1.165, 1.54) is 6.92 Å². The van der Waals surface area contributed by atoms with Crippen LogP contribution in [-0.4, -0.2) is 43.2 Å². The second kappa shape index (κ2) is 8.35. The molecule has 1 heterocycles. The Bertz CT molecular complexity index is 945. The standard InChI is InChI=1S/C20H22N4O3/c1-13(25)21-9-10-22-20-15-11-17(26-2)18(27-3)12-16(15)23-19(24-20)14-7-5-4-6-8-14/h4-8,11-12H,9-10H2,1-3H3,(H,21,25)(H,22,23,24). The molecule has 27 heavy (non-hydrogen) atoms. The lowest BCUT2D eigenvalue weighted by molar-refractivity contribution is -0.118. The third-order valence-electron chi connectivity index (χ3n) is 4.02. The SMILES string of the molecule is COc1cc2nc(-c3ccccc3)nc(NCCNC(C)=O)c2cc1OC. The van der Waals surface area contributed by atoms with E-state index in [2.05, 4.69) is 15.6 Å². The van der Waals surface area contributed by atoms with Gasteiger partial charge in [0.25, 0.3) is 0 Å². The summed E-state index contributed by atoms with van der Waals surface area (Å²) in [5.41, 5.74) is 1.66. The van der Waals surface area contributed by atoms with Gasteiger partial charge in [0.1, 0.15) is 5.82 Å². The molecule has 7 nitrogen and oxygen atoms in total. The summed E-state index contributed by atoms with van der Waals surface area (Å²) in [5, 5.41) is 6.86. The number of nitrogens with one attached hydrogen (secondary N) is 2. The van der Waals surface area contributed by atoms with E-state index in [0.29, 0.717) is 36.2 Å². The third kappa shape index (κ3) is 4.25. The minimum atomic E-state index is -0.0688. The van der Waals surface area contributed by atoms with Crippen molar-refractivity contribution in [3.63, 3.8) is 0 Å². The smallest absolute Gasteiger partial charge is 0.216 e. The molecule has 0 saturated carbocycles. The number of rotatable bonds is 7. The van der Waals surface area contributed by atoms with Gasteiger partial charge in [-0.25, -0.2) is 9.97 Å². The summed E-state index contributed by atoms with van der Waals surface area (Å²) >= 11 is 0. The molecule has 2 N–H and O–H groups in total. The molecule has 0 aliphatic rings. The second-order valence-electron chi connectivity index (χ2n) is 5.90. The normalized spacial score (nSPS) is 10.5. The highest BCUT2D eigenvalue weighted by molar-refractivity contribution is 5.93. The summed E-state index contributed by atoms with van der Waals surface area (Å²) in [5.74, 6) is 2.42. The molecule has 0 saturated heterocycles. The largest absolute Gasteiger partial charge is 0.493 e. The Hall–Kier alpha value is -3.35. The van der Waals surface area contributed by atoms with Crippen molar-refractivity contribution in [1.82, 2.24) is 15.3 Å². The van der Waals surface area contributed by atoms with Gasteiger partial charge in [0, 0.05) is 37.0 Å². The number of nitrogens with zero attached hydrogens (tertiary/aromatic N) is 2. The van der Waals surface area contributed by atoms with E-state index >= 15 is 0 Å². The number of anilines is 1. The van der Waals surface area contributed by atoms with Gasteiger partial charge in [0.15, 0.2) is 17.3 Å². The lowest BCUT2D eigenvalue weighted by atomic mass is 10.1. The molecular formula is C20H22N4O3. The van der Waals surface area contributed by atoms with Gasteiger partial charge in [-0.1, -0.05) is 30.3 Å². The van der Waals surface area contributed by atoms with Crippen LogP contribution in [0.15, 0.2) is 42.5 Å². The predicted molar refractivity (Wildman–Crippen MR) is 105 cm³/mol. The van der Waals surface area contributed by atoms with Crippen molar-refractivity contribution in [2.24, 2.45) is 0 Å². The number of ether oxygens (including phenoxy) is 2. The van der Waals surface area contributed by atoms with Gasteiger partial charge in [-0.3, -0.25) is 4.79 Å². The Kier molecular flexibility index (Phi) is 5.71.